The van der Waals surface area contributed by atoms with Crippen LogP contribution < -0.4 is 5.43 Å². The van der Waals surface area contributed by atoms with Crippen LogP contribution in [0.4, 0.5) is 4.39 Å². The predicted molar refractivity (Wildman–Crippen MR) is 74.3 cm³/mol. The number of hydrogen-bond donors (Lipinski definition) is 2. The topological polar surface area (TPSA) is 61.7 Å². The van der Waals surface area contributed by atoms with Gasteiger partial charge >= 0.3 is 0 Å². The second-order valence-electron chi connectivity index (χ2n) is 4.27. The maximum atomic E-state index is 13.0. The largest absolute Gasteiger partial charge is 0.507 e. The first-order chi connectivity index (χ1) is 9.56. The van der Waals surface area contributed by atoms with Gasteiger partial charge in [-0.05, 0) is 37.3 Å². The van der Waals surface area contributed by atoms with Gasteiger partial charge in [0.25, 0.3) is 5.91 Å². The number of benzene rings is 2. The van der Waals surface area contributed by atoms with Gasteiger partial charge in [0.05, 0.1) is 6.21 Å². The van der Waals surface area contributed by atoms with Crippen LogP contribution in [0.15, 0.2) is 47.6 Å². The van der Waals surface area contributed by atoms with Crippen molar-refractivity contribution in [2.45, 2.75) is 6.92 Å². The lowest BCUT2D eigenvalue weighted by Gasteiger charge is -2.01. The van der Waals surface area contributed by atoms with Gasteiger partial charge in [0.15, 0.2) is 0 Å². The summed E-state index contributed by atoms with van der Waals surface area (Å²) < 4.78 is 13.0. The van der Waals surface area contributed by atoms with Gasteiger partial charge in [-0.25, -0.2) is 9.82 Å². The lowest BCUT2D eigenvalue weighted by Crippen LogP contribution is -2.17. The molecule has 0 saturated heterocycles. The first-order valence-electron chi connectivity index (χ1n) is 5.95. The summed E-state index contributed by atoms with van der Waals surface area (Å²) in [5, 5.41) is 13.3. The van der Waals surface area contributed by atoms with E-state index in [1.54, 1.807) is 18.2 Å². The Balaban J connectivity index is 2.06. The van der Waals surface area contributed by atoms with Crippen molar-refractivity contribution in [3.63, 3.8) is 0 Å². The molecule has 2 aromatic rings. The number of nitrogens with zero attached hydrogens (tertiary/aromatic N) is 1. The maximum Gasteiger partial charge on any atom is 0.271 e. The van der Waals surface area contributed by atoms with E-state index in [-0.39, 0.29) is 11.3 Å². The monoisotopic (exact) mass is 272 g/mol. The Morgan fingerprint density at radius 2 is 2.10 bits per heavy atom. The summed E-state index contributed by atoms with van der Waals surface area (Å²) in [4.78, 5) is 11.7. The fraction of sp³-hybridized carbons (Fsp3) is 0.0667. The van der Waals surface area contributed by atoms with Crippen molar-refractivity contribution in [3.05, 3.63) is 65.0 Å². The second kappa shape index (κ2) is 5.97. The van der Waals surface area contributed by atoms with E-state index < -0.39 is 11.7 Å². The van der Waals surface area contributed by atoms with Crippen molar-refractivity contribution < 1.29 is 14.3 Å². The van der Waals surface area contributed by atoms with Gasteiger partial charge in [0.1, 0.15) is 11.6 Å². The molecule has 0 unspecified atom stereocenters. The molecular weight excluding hydrogens is 259 g/mol. The minimum Gasteiger partial charge on any atom is -0.507 e. The molecule has 0 aliphatic heterocycles. The van der Waals surface area contributed by atoms with Crippen molar-refractivity contribution in [2.24, 2.45) is 5.10 Å². The number of aryl methyl sites for hydroxylation is 1. The molecule has 0 atom stereocenters. The maximum absolute atomic E-state index is 13.0. The highest BCUT2D eigenvalue weighted by atomic mass is 19.1. The summed E-state index contributed by atoms with van der Waals surface area (Å²) in [6, 6.07) is 10.3. The molecule has 0 aromatic heterocycles. The minimum absolute atomic E-state index is 0.0688. The van der Waals surface area contributed by atoms with Crippen molar-refractivity contribution in [1.29, 1.82) is 0 Å². The third kappa shape index (κ3) is 3.41. The van der Waals surface area contributed by atoms with Gasteiger partial charge in [-0.2, -0.15) is 5.10 Å². The molecular formula is C15H13FN2O2. The molecule has 4 nitrogen and oxygen atoms in total. The van der Waals surface area contributed by atoms with Crippen LogP contribution in [0.5, 0.6) is 5.75 Å². The highest BCUT2D eigenvalue weighted by molar-refractivity contribution is 5.95. The summed E-state index contributed by atoms with van der Waals surface area (Å²) >= 11 is 0. The van der Waals surface area contributed by atoms with E-state index in [0.29, 0.717) is 5.56 Å². The highest BCUT2D eigenvalue weighted by Crippen LogP contribution is 2.15. The molecule has 0 aliphatic carbocycles. The lowest BCUT2D eigenvalue weighted by atomic mass is 10.1. The Labute approximate surface area is 115 Å². The highest BCUT2D eigenvalue weighted by Gasteiger charge is 2.04. The van der Waals surface area contributed by atoms with Gasteiger partial charge in [-0.1, -0.05) is 17.7 Å². The number of aromatic hydroxyl groups is 1. The molecule has 2 rings (SSSR count). The number of rotatable bonds is 3. The average Bonchev–Trinajstić information content (AvgIpc) is 2.42. The molecule has 20 heavy (non-hydrogen) atoms. The van der Waals surface area contributed by atoms with Gasteiger partial charge in [0.2, 0.25) is 0 Å². The molecule has 0 bridgehead atoms. The average molecular weight is 272 g/mol. The number of amides is 1. The van der Waals surface area contributed by atoms with E-state index in [4.69, 9.17) is 0 Å². The molecule has 2 N–H and O–H groups in total. The molecule has 5 heteroatoms. The van der Waals surface area contributed by atoms with Crippen LogP contribution in [-0.4, -0.2) is 17.2 Å². The molecule has 0 radical (unpaired) electrons. The first-order valence-corrected chi connectivity index (χ1v) is 5.95. The van der Waals surface area contributed by atoms with Crippen LogP contribution >= 0.6 is 0 Å². The van der Waals surface area contributed by atoms with Crippen molar-refractivity contribution in [3.8, 4) is 5.75 Å². The summed E-state index contributed by atoms with van der Waals surface area (Å²) in [5.41, 5.74) is 3.90. The molecule has 0 fully saturated rings. The first kappa shape index (κ1) is 13.7. The van der Waals surface area contributed by atoms with Gasteiger partial charge in [-0.15, -0.1) is 0 Å². The van der Waals surface area contributed by atoms with Crippen LogP contribution in [0, 0.1) is 12.7 Å². The quantitative estimate of drug-likeness (QED) is 0.666. The molecule has 2 aromatic carbocycles. The number of halogens is 1. The van der Waals surface area contributed by atoms with Crippen LogP contribution in [0.1, 0.15) is 21.5 Å². The van der Waals surface area contributed by atoms with Crippen LogP contribution in [-0.2, 0) is 0 Å². The molecule has 0 saturated carbocycles. The van der Waals surface area contributed by atoms with E-state index in [0.717, 1.165) is 11.6 Å². The summed E-state index contributed by atoms with van der Waals surface area (Å²) in [6.45, 7) is 1.88. The Morgan fingerprint density at radius 1 is 1.30 bits per heavy atom. The second-order valence-corrected chi connectivity index (χ2v) is 4.27. The fourth-order valence-corrected chi connectivity index (χ4v) is 1.63. The summed E-state index contributed by atoms with van der Waals surface area (Å²) in [5.74, 6) is -0.940. The number of carbonyl (C=O) groups is 1. The van der Waals surface area contributed by atoms with E-state index >= 15 is 0 Å². The van der Waals surface area contributed by atoms with Crippen molar-refractivity contribution >= 4 is 12.1 Å². The van der Waals surface area contributed by atoms with Gasteiger partial charge < -0.3 is 5.11 Å². The van der Waals surface area contributed by atoms with Crippen LogP contribution in [0.25, 0.3) is 0 Å². The molecule has 0 heterocycles. The third-order valence-electron chi connectivity index (χ3n) is 2.64. The number of carbonyl (C=O) groups excluding carboxylic acids is 1. The number of nitrogens with one attached hydrogen (secondary N) is 1. The molecule has 0 spiro atoms. The SMILES string of the molecule is Cc1ccc(O)c(C=NNC(=O)c2cccc(F)c2)c1. The van der Waals surface area contributed by atoms with Gasteiger partial charge in [-0.3, -0.25) is 4.79 Å². The summed E-state index contributed by atoms with van der Waals surface area (Å²) in [7, 11) is 0. The zero-order chi connectivity index (χ0) is 14.5. The smallest absolute Gasteiger partial charge is 0.271 e. The Hall–Kier alpha value is -2.69. The normalized spacial score (nSPS) is 10.7. The van der Waals surface area contributed by atoms with Crippen LogP contribution in [0.2, 0.25) is 0 Å². The Kier molecular flexibility index (Phi) is 4.10. The summed E-state index contributed by atoms with van der Waals surface area (Å²) in [6.07, 6.45) is 1.33. The molecule has 102 valence electrons. The van der Waals surface area contributed by atoms with Gasteiger partial charge in [0, 0.05) is 11.1 Å². The van der Waals surface area contributed by atoms with E-state index in [1.807, 2.05) is 6.92 Å². The zero-order valence-corrected chi connectivity index (χ0v) is 10.8. The molecule has 0 aliphatic rings. The Bertz CT molecular complexity index is 669. The van der Waals surface area contributed by atoms with Crippen molar-refractivity contribution in [1.82, 2.24) is 5.43 Å². The predicted octanol–water partition coefficient (Wildman–Crippen LogP) is 2.60. The third-order valence-corrected chi connectivity index (χ3v) is 2.64. The van der Waals surface area contributed by atoms with E-state index in [2.05, 4.69) is 10.5 Å². The lowest BCUT2D eigenvalue weighted by molar-refractivity contribution is 0.0954. The number of hydrazone groups is 1. The van der Waals surface area contributed by atoms with Crippen molar-refractivity contribution in [2.75, 3.05) is 0 Å². The zero-order valence-electron chi connectivity index (χ0n) is 10.8. The molecule has 1 amide bonds. The minimum atomic E-state index is -0.520. The standard InChI is InChI=1S/C15H13FN2O2/c1-10-5-6-14(19)12(7-10)9-17-18-15(20)11-3-2-4-13(16)8-11/h2-9,19H,1H3,(H,18,20). The fourth-order valence-electron chi connectivity index (χ4n) is 1.63. The van der Waals surface area contributed by atoms with E-state index in [1.165, 1.54) is 24.4 Å². The Morgan fingerprint density at radius 3 is 2.85 bits per heavy atom. The number of phenols is 1. The number of hydrogen-bond acceptors (Lipinski definition) is 3. The van der Waals surface area contributed by atoms with Crippen LogP contribution in [0.3, 0.4) is 0 Å². The number of phenolic OH excluding ortho intramolecular Hbond substituents is 1. The van der Waals surface area contributed by atoms with E-state index in [9.17, 15) is 14.3 Å².